The number of primary amides is 1. The predicted molar refractivity (Wildman–Crippen MR) is 127 cm³/mol. The molecule has 2 amide bonds. The van der Waals surface area contributed by atoms with Gasteiger partial charge in [0.05, 0.1) is 11.3 Å². The average Bonchev–Trinajstić information content (AvgIpc) is 3.34. The lowest BCUT2D eigenvalue weighted by molar-refractivity contribution is -0.137. The third-order valence-corrected chi connectivity index (χ3v) is 5.36. The van der Waals surface area contributed by atoms with Crippen LogP contribution < -0.4 is 11.1 Å². The Morgan fingerprint density at radius 3 is 2.53 bits per heavy atom. The van der Waals surface area contributed by atoms with Crippen LogP contribution in [0.1, 0.15) is 15.9 Å². The maximum Gasteiger partial charge on any atom is 0.287 e. The first-order valence-corrected chi connectivity index (χ1v) is 10.7. The topological polar surface area (TPSA) is 120 Å². The molecule has 0 aliphatic rings. The van der Waals surface area contributed by atoms with Crippen LogP contribution in [0.15, 0.2) is 85.5 Å². The molecule has 0 saturated carbocycles. The number of halogens is 1. The van der Waals surface area contributed by atoms with Crippen LogP contribution >= 0.6 is 11.6 Å². The number of ketones is 1. The Kier molecular flexibility index (Phi) is 6.79. The number of nitrogens with one attached hydrogen (secondary N) is 1. The third kappa shape index (κ3) is 5.19. The minimum atomic E-state index is -1.12. The van der Waals surface area contributed by atoms with Gasteiger partial charge in [-0.15, -0.1) is 0 Å². The molecule has 3 N–H and O–H groups in total. The van der Waals surface area contributed by atoms with Gasteiger partial charge in [0.15, 0.2) is 5.82 Å². The predicted octanol–water partition coefficient (Wildman–Crippen LogP) is 2.98. The van der Waals surface area contributed by atoms with Gasteiger partial charge in [-0.1, -0.05) is 54.1 Å². The normalized spacial score (nSPS) is 11.6. The summed E-state index contributed by atoms with van der Waals surface area (Å²) in [6.07, 6.45) is 4.92. The highest BCUT2D eigenvalue weighted by Gasteiger charge is 2.27. The standard InChI is InChI=1S/C25H20ClN5O3/c26-18-9-4-8-17(13-18)21-14-31(15-29-21)24-19(10-5-11-28-24)25(34)30-20(22(32)23(27)33)12-16-6-2-1-3-7-16/h1-11,13-15,20H,12H2,(H2,27,33)(H,30,34). The molecule has 2 heterocycles. The molecular formula is C25H20ClN5O3. The number of amides is 2. The van der Waals surface area contributed by atoms with Crippen LogP contribution in [0.2, 0.25) is 5.02 Å². The summed E-state index contributed by atoms with van der Waals surface area (Å²) in [5.41, 5.74) is 7.65. The van der Waals surface area contributed by atoms with E-state index in [1.54, 1.807) is 65.5 Å². The maximum atomic E-state index is 13.2. The van der Waals surface area contributed by atoms with E-state index in [-0.39, 0.29) is 12.0 Å². The summed E-state index contributed by atoms with van der Waals surface area (Å²) >= 11 is 6.08. The molecule has 0 aliphatic heterocycles. The summed E-state index contributed by atoms with van der Waals surface area (Å²) in [4.78, 5) is 45.9. The third-order valence-electron chi connectivity index (χ3n) is 5.13. The molecule has 1 atom stereocenters. The van der Waals surface area contributed by atoms with Crippen LogP contribution in [-0.2, 0) is 16.0 Å². The second kappa shape index (κ2) is 10.1. The zero-order valence-corrected chi connectivity index (χ0v) is 18.6. The fraction of sp³-hybridized carbons (Fsp3) is 0.0800. The molecule has 8 nitrogen and oxygen atoms in total. The van der Waals surface area contributed by atoms with Crippen molar-refractivity contribution in [2.75, 3.05) is 0 Å². The molecule has 0 spiro atoms. The van der Waals surface area contributed by atoms with Crippen molar-refractivity contribution in [3.8, 4) is 17.1 Å². The van der Waals surface area contributed by atoms with E-state index in [2.05, 4.69) is 15.3 Å². The van der Waals surface area contributed by atoms with Gasteiger partial charge in [0.2, 0.25) is 5.78 Å². The molecule has 0 radical (unpaired) electrons. The van der Waals surface area contributed by atoms with Gasteiger partial charge in [0.1, 0.15) is 12.4 Å². The summed E-state index contributed by atoms with van der Waals surface area (Å²) in [7, 11) is 0. The Hall–Kier alpha value is -4.30. The highest BCUT2D eigenvalue weighted by atomic mass is 35.5. The summed E-state index contributed by atoms with van der Waals surface area (Å²) in [6.45, 7) is 0. The number of carbonyl (C=O) groups is 3. The molecule has 170 valence electrons. The highest BCUT2D eigenvalue weighted by Crippen LogP contribution is 2.22. The zero-order chi connectivity index (χ0) is 24.1. The summed E-state index contributed by atoms with van der Waals surface area (Å²) in [5.74, 6) is -2.26. The van der Waals surface area contributed by atoms with Gasteiger partial charge in [0, 0.05) is 29.4 Å². The van der Waals surface area contributed by atoms with Crippen LogP contribution in [0.25, 0.3) is 17.1 Å². The van der Waals surface area contributed by atoms with Crippen molar-refractivity contribution in [3.05, 3.63) is 102 Å². The minimum absolute atomic E-state index is 0.119. The molecule has 0 aliphatic carbocycles. The van der Waals surface area contributed by atoms with Crippen molar-refractivity contribution in [3.63, 3.8) is 0 Å². The van der Waals surface area contributed by atoms with Crippen LogP contribution in [0.5, 0.6) is 0 Å². The largest absolute Gasteiger partial charge is 0.363 e. The van der Waals surface area contributed by atoms with Crippen LogP contribution in [-0.4, -0.2) is 38.2 Å². The number of pyridine rings is 1. The van der Waals surface area contributed by atoms with Gasteiger partial charge in [-0.2, -0.15) is 0 Å². The second-order valence-corrected chi connectivity index (χ2v) is 7.93. The molecule has 2 aromatic heterocycles. The first kappa shape index (κ1) is 22.9. The first-order chi connectivity index (χ1) is 16.4. The molecule has 4 aromatic rings. The fourth-order valence-corrected chi connectivity index (χ4v) is 3.67. The van der Waals surface area contributed by atoms with E-state index in [4.69, 9.17) is 17.3 Å². The maximum absolute atomic E-state index is 13.2. The number of nitrogens with two attached hydrogens (primary N) is 1. The number of carbonyl (C=O) groups excluding carboxylic acids is 3. The lowest BCUT2D eigenvalue weighted by Crippen LogP contribution is -2.47. The minimum Gasteiger partial charge on any atom is -0.363 e. The van der Waals surface area contributed by atoms with Crippen LogP contribution in [0.3, 0.4) is 0 Å². The number of hydrogen-bond donors (Lipinski definition) is 2. The molecule has 9 heteroatoms. The van der Waals surface area contributed by atoms with Crippen molar-refractivity contribution < 1.29 is 14.4 Å². The van der Waals surface area contributed by atoms with Gasteiger partial charge >= 0.3 is 0 Å². The number of nitrogens with zero attached hydrogens (tertiary/aromatic N) is 3. The average molecular weight is 474 g/mol. The van der Waals surface area contributed by atoms with Gasteiger partial charge in [-0.05, 0) is 29.8 Å². The van der Waals surface area contributed by atoms with Gasteiger partial charge in [-0.3, -0.25) is 19.0 Å². The lowest BCUT2D eigenvalue weighted by atomic mass is 10.0. The Bertz CT molecular complexity index is 1350. The quantitative estimate of drug-likeness (QED) is 0.381. The Morgan fingerprint density at radius 2 is 1.79 bits per heavy atom. The van der Waals surface area contributed by atoms with E-state index in [0.29, 0.717) is 16.5 Å². The molecule has 34 heavy (non-hydrogen) atoms. The Morgan fingerprint density at radius 1 is 1.00 bits per heavy atom. The summed E-state index contributed by atoms with van der Waals surface area (Å²) in [6, 6.07) is 18.3. The van der Waals surface area contributed by atoms with Crippen LogP contribution in [0, 0.1) is 0 Å². The van der Waals surface area contributed by atoms with E-state index in [9.17, 15) is 14.4 Å². The van der Waals surface area contributed by atoms with Crippen molar-refractivity contribution in [2.24, 2.45) is 5.73 Å². The number of rotatable bonds is 8. The van der Waals surface area contributed by atoms with Crippen molar-refractivity contribution in [1.29, 1.82) is 0 Å². The summed E-state index contributed by atoms with van der Waals surface area (Å²) in [5, 5.41) is 3.22. The van der Waals surface area contributed by atoms with Gasteiger partial charge < -0.3 is 11.1 Å². The monoisotopic (exact) mass is 473 g/mol. The van der Waals surface area contributed by atoms with Gasteiger partial charge in [-0.25, -0.2) is 9.97 Å². The van der Waals surface area contributed by atoms with Crippen molar-refractivity contribution in [1.82, 2.24) is 19.9 Å². The smallest absolute Gasteiger partial charge is 0.287 e. The van der Waals surface area contributed by atoms with E-state index in [1.165, 1.54) is 6.33 Å². The molecular weight excluding hydrogens is 454 g/mol. The lowest BCUT2D eigenvalue weighted by Gasteiger charge is -2.17. The SMILES string of the molecule is NC(=O)C(=O)C(Cc1ccccc1)NC(=O)c1cccnc1-n1cnc(-c2cccc(Cl)c2)c1. The zero-order valence-electron chi connectivity index (χ0n) is 17.9. The number of Topliss-reactive ketones (excluding diaryl/α,β-unsaturated/α-hetero) is 1. The Balaban J connectivity index is 1.62. The van der Waals surface area contributed by atoms with Gasteiger partial charge in [0.25, 0.3) is 11.8 Å². The molecule has 1 unspecified atom stereocenters. The number of benzene rings is 2. The second-order valence-electron chi connectivity index (χ2n) is 7.50. The molecule has 2 aromatic carbocycles. The van der Waals surface area contributed by atoms with Crippen molar-refractivity contribution >= 4 is 29.2 Å². The Labute approximate surface area is 200 Å². The number of imidazole rings is 1. The van der Waals surface area contributed by atoms with Crippen molar-refractivity contribution in [2.45, 2.75) is 12.5 Å². The first-order valence-electron chi connectivity index (χ1n) is 10.4. The number of aromatic nitrogens is 3. The van der Waals surface area contributed by atoms with Crippen LogP contribution in [0.4, 0.5) is 0 Å². The number of hydrogen-bond acceptors (Lipinski definition) is 5. The highest BCUT2D eigenvalue weighted by molar-refractivity contribution is 6.38. The van der Waals surface area contributed by atoms with E-state index >= 15 is 0 Å². The summed E-state index contributed by atoms with van der Waals surface area (Å²) < 4.78 is 1.60. The van der Waals surface area contributed by atoms with E-state index in [0.717, 1.165) is 11.1 Å². The molecule has 0 bridgehead atoms. The van der Waals surface area contributed by atoms with E-state index in [1.807, 2.05) is 18.2 Å². The fourth-order valence-electron chi connectivity index (χ4n) is 3.48. The molecule has 0 fully saturated rings. The molecule has 4 rings (SSSR count). The van der Waals surface area contributed by atoms with E-state index < -0.39 is 23.6 Å². The molecule has 0 saturated heterocycles.